The highest BCUT2D eigenvalue weighted by Crippen LogP contribution is 2.31. The van der Waals surface area contributed by atoms with Gasteiger partial charge in [-0.05, 0) is 34.1 Å². The molecular formula is C18H25F3O5S. The van der Waals surface area contributed by atoms with Crippen LogP contribution in [0.2, 0.25) is 0 Å². The van der Waals surface area contributed by atoms with Gasteiger partial charge in [-0.2, -0.15) is 21.6 Å². The van der Waals surface area contributed by atoms with Gasteiger partial charge in [-0.1, -0.05) is 47.6 Å². The van der Waals surface area contributed by atoms with Gasteiger partial charge < -0.3 is 4.74 Å². The highest BCUT2D eigenvalue weighted by molar-refractivity contribution is 7.85. The molecule has 1 unspecified atom stereocenters. The van der Waals surface area contributed by atoms with E-state index in [1.165, 1.54) is 12.1 Å². The molecule has 0 aromatic heterocycles. The smallest absolute Gasteiger partial charge is 0.426 e. The number of alkyl halides is 3. The highest BCUT2D eigenvalue weighted by Gasteiger charge is 2.45. The van der Waals surface area contributed by atoms with Gasteiger partial charge in [0, 0.05) is 0 Å². The Morgan fingerprint density at radius 2 is 1.41 bits per heavy atom. The van der Waals surface area contributed by atoms with Gasteiger partial charge >= 0.3 is 12.1 Å². The van der Waals surface area contributed by atoms with Gasteiger partial charge in [0.1, 0.15) is 5.75 Å². The van der Waals surface area contributed by atoms with Crippen LogP contribution in [-0.4, -0.2) is 37.0 Å². The number of benzene rings is 1. The van der Waals surface area contributed by atoms with E-state index in [0.29, 0.717) is 0 Å². The van der Waals surface area contributed by atoms with Crippen LogP contribution in [0, 0.1) is 0 Å². The minimum absolute atomic E-state index is 0.114. The van der Waals surface area contributed by atoms with Crippen molar-refractivity contribution in [3.8, 4) is 0 Å². The van der Waals surface area contributed by atoms with E-state index in [-0.39, 0.29) is 16.4 Å². The summed E-state index contributed by atoms with van der Waals surface area (Å²) in [5.41, 5.74) is 0.569. The maximum Gasteiger partial charge on any atom is 0.426 e. The van der Waals surface area contributed by atoms with E-state index in [2.05, 4.69) is 4.74 Å². The standard InChI is InChI=1S/C18H25F3O5S/c1-16(2,3)12-7-11(8-13(9-12)17(4,5)6)15(22)26-14(18(19,20)21)10-27(23,24)25/h7-9,14H,10H2,1-6H3,(H,23,24,25). The predicted molar refractivity (Wildman–Crippen MR) is 95.5 cm³/mol. The van der Waals surface area contributed by atoms with Gasteiger partial charge in [-0.3, -0.25) is 4.55 Å². The quantitative estimate of drug-likeness (QED) is 0.593. The van der Waals surface area contributed by atoms with Crippen LogP contribution in [0.3, 0.4) is 0 Å². The molecule has 0 aliphatic carbocycles. The second-order valence-electron chi connectivity index (χ2n) is 8.48. The lowest BCUT2D eigenvalue weighted by atomic mass is 9.79. The van der Waals surface area contributed by atoms with E-state index >= 15 is 0 Å². The molecule has 0 radical (unpaired) electrons. The highest BCUT2D eigenvalue weighted by atomic mass is 32.2. The van der Waals surface area contributed by atoms with Crippen molar-refractivity contribution in [1.82, 2.24) is 0 Å². The first-order chi connectivity index (χ1) is 11.8. The molecule has 0 saturated heterocycles. The van der Waals surface area contributed by atoms with Crippen LogP contribution in [0.4, 0.5) is 13.2 Å². The Kier molecular flexibility index (Phi) is 6.44. The summed E-state index contributed by atoms with van der Waals surface area (Å²) in [6, 6.07) is 4.73. The van der Waals surface area contributed by atoms with Gasteiger partial charge in [0.25, 0.3) is 10.1 Å². The maximum absolute atomic E-state index is 13.0. The molecule has 0 aliphatic heterocycles. The Bertz CT molecular complexity index is 768. The van der Waals surface area contributed by atoms with Crippen molar-refractivity contribution in [3.63, 3.8) is 0 Å². The second kappa shape index (κ2) is 7.43. The molecule has 1 rings (SSSR count). The molecule has 0 fully saturated rings. The van der Waals surface area contributed by atoms with Crippen LogP contribution in [0.25, 0.3) is 0 Å². The Hall–Kier alpha value is -1.61. The van der Waals surface area contributed by atoms with Gasteiger partial charge in [-0.25, -0.2) is 4.79 Å². The summed E-state index contributed by atoms with van der Waals surface area (Å²) in [6.45, 7) is 11.3. The third kappa shape index (κ3) is 7.14. The Morgan fingerprint density at radius 1 is 1.00 bits per heavy atom. The number of halogens is 3. The number of carbonyl (C=O) groups is 1. The van der Waals surface area contributed by atoms with E-state index < -0.39 is 34.1 Å². The van der Waals surface area contributed by atoms with Crippen molar-refractivity contribution < 1.29 is 35.7 Å². The van der Waals surface area contributed by atoms with Crippen LogP contribution in [-0.2, 0) is 25.7 Å². The Morgan fingerprint density at radius 3 is 1.70 bits per heavy atom. The molecule has 1 aromatic carbocycles. The molecule has 0 bridgehead atoms. The number of hydrogen-bond donors (Lipinski definition) is 1. The molecule has 0 spiro atoms. The van der Waals surface area contributed by atoms with E-state index in [9.17, 15) is 26.4 Å². The minimum Gasteiger partial charge on any atom is -0.448 e. The zero-order valence-corrected chi connectivity index (χ0v) is 17.0. The van der Waals surface area contributed by atoms with Gasteiger partial charge in [0.15, 0.2) is 0 Å². The summed E-state index contributed by atoms with van der Waals surface area (Å²) in [5, 5.41) is 0. The first-order valence-corrected chi connectivity index (χ1v) is 9.80. The van der Waals surface area contributed by atoms with Gasteiger partial charge in [-0.15, -0.1) is 0 Å². The summed E-state index contributed by atoms with van der Waals surface area (Å²) < 4.78 is 73.8. The topological polar surface area (TPSA) is 80.7 Å². The zero-order chi connectivity index (χ0) is 21.4. The predicted octanol–water partition coefficient (Wildman–Crippen LogP) is 4.26. The van der Waals surface area contributed by atoms with Gasteiger partial charge in [0.05, 0.1) is 5.56 Å². The first-order valence-electron chi connectivity index (χ1n) is 8.19. The lowest BCUT2D eigenvalue weighted by Crippen LogP contribution is -2.39. The number of esters is 1. The van der Waals surface area contributed by atoms with Crippen molar-refractivity contribution in [2.45, 2.75) is 64.7 Å². The zero-order valence-electron chi connectivity index (χ0n) is 16.1. The Labute approximate surface area is 157 Å². The van der Waals surface area contributed by atoms with Crippen LogP contribution in [0.15, 0.2) is 18.2 Å². The average molecular weight is 410 g/mol. The van der Waals surface area contributed by atoms with Crippen LogP contribution in [0.1, 0.15) is 63.0 Å². The van der Waals surface area contributed by atoms with Gasteiger partial charge in [0.2, 0.25) is 6.10 Å². The van der Waals surface area contributed by atoms with Crippen LogP contribution < -0.4 is 0 Å². The van der Waals surface area contributed by atoms with Crippen LogP contribution >= 0.6 is 0 Å². The molecule has 0 aliphatic rings. The van der Waals surface area contributed by atoms with Crippen LogP contribution in [0.5, 0.6) is 0 Å². The third-order valence-electron chi connectivity index (χ3n) is 3.88. The van der Waals surface area contributed by atoms with Crippen molar-refractivity contribution in [3.05, 3.63) is 34.9 Å². The van der Waals surface area contributed by atoms with Crippen molar-refractivity contribution in [2.75, 3.05) is 5.75 Å². The lowest BCUT2D eigenvalue weighted by Gasteiger charge is -2.26. The lowest BCUT2D eigenvalue weighted by molar-refractivity contribution is -0.197. The molecule has 0 amide bonds. The molecule has 1 aromatic rings. The molecule has 0 heterocycles. The largest absolute Gasteiger partial charge is 0.448 e. The number of ether oxygens (including phenoxy) is 1. The normalized spacial score (nSPS) is 14.7. The maximum atomic E-state index is 13.0. The fourth-order valence-corrected chi connectivity index (χ4v) is 2.83. The second-order valence-corrected chi connectivity index (χ2v) is 9.98. The van der Waals surface area contributed by atoms with E-state index in [1.807, 2.05) is 47.6 Å². The summed E-state index contributed by atoms with van der Waals surface area (Å²) in [4.78, 5) is 12.3. The Balaban J connectivity index is 3.36. The van der Waals surface area contributed by atoms with E-state index in [4.69, 9.17) is 4.55 Å². The fourth-order valence-electron chi connectivity index (χ4n) is 2.20. The summed E-state index contributed by atoms with van der Waals surface area (Å²) in [6.07, 6.45) is -8.10. The summed E-state index contributed by atoms with van der Waals surface area (Å²) >= 11 is 0. The summed E-state index contributed by atoms with van der Waals surface area (Å²) in [5.74, 6) is -3.06. The number of carbonyl (C=O) groups excluding carboxylic acids is 1. The van der Waals surface area contributed by atoms with Crippen molar-refractivity contribution in [2.24, 2.45) is 0 Å². The molecule has 1 N–H and O–H groups in total. The number of hydrogen-bond acceptors (Lipinski definition) is 4. The minimum atomic E-state index is -5.14. The average Bonchev–Trinajstić information content (AvgIpc) is 2.41. The third-order valence-corrected chi connectivity index (χ3v) is 4.60. The molecule has 0 saturated carbocycles. The monoisotopic (exact) mass is 410 g/mol. The summed E-state index contributed by atoms with van der Waals surface area (Å²) in [7, 11) is -4.99. The molecule has 1 atom stereocenters. The van der Waals surface area contributed by atoms with E-state index in [1.54, 1.807) is 0 Å². The fraction of sp³-hybridized carbons (Fsp3) is 0.611. The molecule has 27 heavy (non-hydrogen) atoms. The molecule has 154 valence electrons. The van der Waals surface area contributed by atoms with E-state index in [0.717, 1.165) is 11.1 Å². The van der Waals surface area contributed by atoms with Crippen molar-refractivity contribution in [1.29, 1.82) is 0 Å². The molecule has 5 nitrogen and oxygen atoms in total. The molecular weight excluding hydrogens is 385 g/mol. The first kappa shape index (κ1) is 23.4. The SMILES string of the molecule is CC(C)(C)c1cc(C(=O)OC(CS(=O)(=O)O)C(F)(F)F)cc(C(C)(C)C)c1. The molecule has 9 heteroatoms. The number of rotatable bonds is 4. The van der Waals surface area contributed by atoms with Crippen molar-refractivity contribution >= 4 is 16.1 Å².